The SMILES string of the molecule is CCC(O)CCc1cc(C)ccc1C. The zero-order valence-corrected chi connectivity index (χ0v) is 9.38. The van der Waals surface area contributed by atoms with E-state index in [0.717, 1.165) is 19.3 Å². The van der Waals surface area contributed by atoms with E-state index in [1.165, 1.54) is 16.7 Å². The van der Waals surface area contributed by atoms with Crippen LogP contribution in [0, 0.1) is 13.8 Å². The van der Waals surface area contributed by atoms with Crippen LogP contribution >= 0.6 is 0 Å². The lowest BCUT2D eigenvalue weighted by atomic mass is 9.99. The molecule has 0 aromatic heterocycles. The highest BCUT2D eigenvalue weighted by Crippen LogP contribution is 2.14. The molecule has 0 aliphatic heterocycles. The summed E-state index contributed by atoms with van der Waals surface area (Å²) < 4.78 is 0. The molecule has 1 nitrogen and oxygen atoms in total. The van der Waals surface area contributed by atoms with E-state index < -0.39 is 0 Å². The van der Waals surface area contributed by atoms with Crippen molar-refractivity contribution in [3.63, 3.8) is 0 Å². The first-order chi connectivity index (χ1) is 6.63. The predicted molar refractivity (Wildman–Crippen MR) is 60.5 cm³/mol. The Labute approximate surface area is 86.8 Å². The molecule has 0 amide bonds. The Morgan fingerprint density at radius 3 is 2.64 bits per heavy atom. The second-order valence-electron chi connectivity index (χ2n) is 4.03. The van der Waals surface area contributed by atoms with Gasteiger partial charge in [0.05, 0.1) is 6.10 Å². The van der Waals surface area contributed by atoms with Crippen LogP contribution in [0.1, 0.15) is 36.5 Å². The van der Waals surface area contributed by atoms with Gasteiger partial charge in [-0.2, -0.15) is 0 Å². The van der Waals surface area contributed by atoms with Crippen molar-refractivity contribution in [3.8, 4) is 0 Å². The Hall–Kier alpha value is -0.820. The Balaban J connectivity index is 2.62. The van der Waals surface area contributed by atoms with Gasteiger partial charge in [-0.15, -0.1) is 0 Å². The van der Waals surface area contributed by atoms with Crippen molar-refractivity contribution in [2.45, 2.75) is 46.1 Å². The number of aliphatic hydroxyl groups is 1. The minimum absolute atomic E-state index is 0.144. The summed E-state index contributed by atoms with van der Waals surface area (Å²) in [6.45, 7) is 6.26. The summed E-state index contributed by atoms with van der Waals surface area (Å²) in [7, 11) is 0. The van der Waals surface area contributed by atoms with Gasteiger partial charge in [0.15, 0.2) is 0 Å². The fourth-order valence-corrected chi connectivity index (χ4v) is 1.60. The zero-order chi connectivity index (χ0) is 10.6. The van der Waals surface area contributed by atoms with E-state index in [1.807, 2.05) is 6.92 Å². The topological polar surface area (TPSA) is 20.2 Å². The highest BCUT2D eigenvalue weighted by Gasteiger charge is 2.03. The van der Waals surface area contributed by atoms with Crippen molar-refractivity contribution in [1.82, 2.24) is 0 Å². The maximum absolute atomic E-state index is 9.48. The highest BCUT2D eigenvalue weighted by molar-refractivity contribution is 5.30. The van der Waals surface area contributed by atoms with Crippen molar-refractivity contribution in [1.29, 1.82) is 0 Å². The van der Waals surface area contributed by atoms with Gasteiger partial charge in [0.1, 0.15) is 0 Å². The normalized spacial score (nSPS) is 12.9. The van der Waals surface area contributed by atoms with Crippen LogP contribution in [0.2, 0.25) is 0 Å². The van der Waals surface area contributed by atoms with Gasteiger partial charge in [0, 0.05) is 0 Å². The Kier molecular flexibility index (Phi) is 4.15. The molecule has 0 saturated heterocycles. The summed E-state index contributed by atoms with van der Waals surface area (Å²) in [5.41, 5.74) is 4.01. The standard InChI is InChI=1S/C13H20O/c1-4-13(14)8-7-12-9-10(2)5-6-11(12)3/h5-6,9,13-14H,4,7-8H2,1-3H3. The summed E-state index contributed by atoms with van der Waals surface area (Å²) in [4.78, 5) is 0. The van der Waals surface area contributed by atoms with Crippen LogP contribution in [0.15, 0.2) is 18.2 Å². The van der Waals surface area contributed by atoms with Gasteiger partial charge in [-0.3, -0.25) is 0 Å². The Morgan fingerprint density at radius 2 is 2.00 bits per heavy atom. The Morgan fingerprint density at radius 1 is 1.29 bits per heavy atom. The molecule has 1 heteroatoms. The summed E-state index contributed by atoms with van der Waals surface area (Å²) in [5, 5.41) is 9.48. The van der Waals surface area contributed by atoms with E-state index in [-0.39, 0.29) is 6.10 Å². The summed E-state index contributed by atoms with van der Waals surface area (Å²) in [6, 6.07) is 6.51. The molecule has 1 aromatic carbocycles. The first-order valence-electron chi connectivity index (χ1n) is 5.37. The maximum atomic E-state index is 9.48. The van der Waals surface area contributed by atoms with Gasteiger partial charge in [0.2, 0.25) is 0 Å². The first kappa shape index (κ1) is 11.3. The molecule has 0 radical (unpaired) electrons. The van der Waals surface area contributed by atoms with Gasteiger partial charge >= 0.3 is 0 Å². The van der Waals surface area contributed by atoms with E-state index in [1.54, 1.807) is 0 Å². The van der Waals surface area contributed by atoms with Crippen LogP contribution in [0.25, 0.3) is 0 Å². The molecule has 1 unspecified atom stereocenters. The minimum Gasteiger partial charge on any atom is -0.393 e. The number of hydrogen-bond donors (Lipinski definition) is 1. The van der Waals surface area contributed by atoms with E-state index >= 15 is 0 Å². The zero-order valence-electron chi connectivity index (χ0n) is 9.38. The van der Waals surface area contributed by atoms with Crippen LogP contribution in [-0.2, 0) is 6.42 Å². The Bertz CT molecular complexity index is 291. The molecule has 0 aliphatic carbocycles. The average molecular weight is 192 g/mol. The van der Waals surface area contributed by atoms with Crippen molar-refractivity contribution in [2.75, 3.05) is 0 Å². The predicted octanol–water partition coefficient (Wildman–Crippen LogP) is 3.01. The van der Waals surface area contributed by atoms with Gasteiger partial charge in [-0.25, -0.2) is 0 Å². The first-order valence-corrected chi connectivity index (χ1v) is 5.37. The van der Waals surface area contributed by atoms with Crippen LogP contribution < -0.4 is 0 Å². The smallest absolute Gasteiger partial charge is 0.0540 e. The highest BCUT2D eigenvalue weighted by atomic mass is 16.3. The van der Waals surface area contributed by atoms with E-state index in [9.17, 15) is 5.11 Å². The van der Waals surface area contributed by atoms with E-state index in [2.05, 4.69) is 32.0 Å². The van der Waals surface area contributed by atoms with Crippen molar-refractivity contribution in [3.05, 3.63) is 34.9 Å². The third-order valence-electron chi connectivity index (χ3n) is 2.72. The quantitative estimate of drug-likeness (QED) is 0.777. The third-order valence-corrected chi connectivity index (χ3v) is 2.72. The van der Waals surface area contributed by atoms with Crippen LogP contribution in [0.3, 0.4) is 0 Å². The summed E-state index contributed by atoms with van der Waals surface area (Å²) in [6.07, 6.45) is 2.57. The monoisotopic (exact) mass is 192 g/mol. The number of rotatable bonds is 4. The van der Waals surface area contributed by atoms with Crippen molar-refractivity contribution in [2.24, 2.45) is 0 Å². The molecule has 1 rings (SSSR count). The fraction of sp³-hybridized carbons (Fsp3) is 0.538. The van der Waals surface area contributed by atoms with E-state index in [4.69, 9.17) is 0 Å². The molecule has 1 atom stereocenters. The van der Waals surface area contributed by atoms with Crippen molar-refractivity contribution < 1.29 is 5.11 Å². The molecule has 78 valence electrons. The number of hydrogen-bond acceptors (Lipinski definition) is 1. The fourth-order valence-electron chi connectivity index (χ4n) is 1.60. The van der Waals surface area contributed by atoms with Gasteiger partial charge in [-0.05, 0) is 44.2 Å². The molecular formula is C13H20O. The largest absolute Gasteiger partial charge is 0.393 e. The lowest BCUT2D eigenvalue weighted by Gasteiger charge is -2.10. The summed E-state index contributed by atoms with van der Waals surface area (Å²) in [5.74, 6) is 0. The molecule has 1 N–H and O–H groups in total. The molecule has 0 aliphatic rings. The van der Waals surface area contributed by atoms with Gasteiger partial charge < -0.3 is 5.11 Å². The number of aryl methyl sites for hydroxylation is 3. The third kappa shape index (κ3) is 3.15. The lowest BCUT2D eigenvalue weighted by molar-refractivity contribution is 0.160. The summed E-state index contributed by atoms with van der Waals surface area (Å²) >= 11 is 0. The van der Waals surface area contributed by atoms with Gasteiger partial charge in [-0.1, -0.05) is 30.7 Å². The number of benzene rings is 1. The van der Waals surface area contributed by atoms with Crippen molar-refractivity contribution >= 4 is 0 Å². The van der Waals surface area contributed by atoms with E-state index in [0.29, 0.717) is 0 Å². The lowest BCUT2D eigenvalue weighted by Crippen LogP contribution is -2.06. The molecular weight excluding hydrogens is 172 g/mol. The van der Waals surface area contributed by atoms with Gasteiger partial charge in [0.25, 0.3) is 0 Å². The minimum atomic E-state index is -0.144. The van der Waals surface area contributed by atoms with Crippen LogP contribution in [-0.4, -0.2) is 11.2 Å². The molecule has 0 saturated carbocycles. The average Bonchev–Trinajstić information content (AvgIpc) is 2.19. The molecule has 0 spiro atoms. The molecule has 0 heterocycles. The molecule has 0 fully saturated rings. The van der Waals surface area contributed by atoms with Crippen LogP contribution in [0.4, 0.5) is 0 Å². The molecule has 0 bridgehead atoms. The molecule has 1 aromatic rings. The second kappa shape index (κ2) is 5.16. The molecule has 14 heavy (non-hydrogen) atoms. The van der Waals surface area contributed by atoms with Crippen LogP contribution in [0.5, 0.6) is 0 Å². The number of aliphatic hydroxyl groups excluding tert-OH is 1. The maximum Gasteiger partial charge on any atom is 0.0540 e. The second-order valence-corrected chi connectivity index (χ2v) is 4.03.